The third-order valence-electron chi connectivity index (χ3n) is 3.19. The summed E-state index contributed by atoms with van der Waals surface area (Å²) in [6, 6.07) is 11.3. The van der Waals surface area contributed by atoms with Crippen LogP contribution in [0.1, 0.15) is 29.7 Å². The fraction of sp³-hybridized carbons (Fsp3) is 0.250. The number of halogens is 2. The van der Waals surface area contributed by atoms with Crippen molar-refractivity contribution in [1.82, 2.24) is 0 Å². The molecule has 0 spiro atoms. The second kappa shape index (κ2) is 5.93. The molecule has 0 amide bonds. The lowest BCUT2D eigenvalue weighted by Crippen LogP contribution is -2.02. The monoisotopic (exact) mass is 262 g/mol. The molecule has 0 fully saturated rings. The van der Waals surface area contributed by atoms with Crippen molar-refractivity contribution in [3.8, 4) is 0 Å². The topological polar surface area (TPSA) is 20.2 Å². The molecule has 1 N–H and O–H groups in total. The van der Waals surface area contributed by atoms with E-state index in [1.807, 2.05) is 24.3 Å². The van der Waals surface area contributed by atoms with Gasteiger partial charge in [0, 0.05) is 6.42 Å². The van der Waals surface area contributed by atoms with Crippen molar-refractivity contribution in [1.29, 1.82) is 0 Å². The second-order valence-corrected chi connectivity index (χ2v) is 4.56. The first-order chi connectivity index (χ1) is 9.10. The Bertz CT molecular complexity index is 549. The van der Waals surface area contributed by atoms with Gasteiger partial charge >= 0.3 is 0 Å². The van der Waals surface area contributed by atoms with E-state index in [4.69, 9.17) is 0 Å². The summed E-state index contributed by atoms with van der Waals surface area (Å²) in [6.07, 6.45) is 0.498. The Hall–Kier alpha value is -1.74. The highest BCUT2D eigenvalue weighted by Gasteiger charge is 2.10. The van der Waals surface area contributed by atoms with E-state index in [-0.39, 0.29) is 6.42 Å². The van der Waals surface area contributed by atoms with Crippen molar-refractivity contribution in [3.63, 3.8) is 0 Å². The molecule has 0 aliphatic heterocycles. The molecule has 1 atom stereocenters. The number of aliphatic hydroxyl groups excluding tert-OH is 1. The van der Waals surface area contributed by atoms with Crippen molar-refractivity contribution < 1.29 is 13.9 Å². The van der Waals surface area contributed by atoms with E-state index < -0.39 is 17.7 Å². The average molecular weight is 262 g/mol. The summed E-state index contributed by atoms with van der Waals surface area (Å²) in [5.74, 6) is -1.75. The molecular formula is C16H16F2O. The third-order valence-corrected chi connectivity index (χ3v) is 3.19. The Balaban J connectivity index is 2.10. The molecule has 0 aliphatic carbocycles. The standard InChI is InChI=1S/C16H16F2O/c1-2-11-3-6-13(7-4-11)16(19)10-12-5-8-14(17)15(18)9-12/h3-9,16,19H,2,10H2,1H3. The van der Waals surface area contributed by atoms with E-state index in [0.29, 0.717) is 5.56 Å². The fourth-order valence-electron chi connectivity index (χ4n) is 1.98. The van der Waals surface area contributed by atoms with Gasteiger partial charge in [-0.3, -0.25) is 0 Å². The van der Waals surface area contributed by atoms with Crippen molar-refractivity contribution in [2.45, 2.75) is 25.9 Å². The molecule has 0 heterocycles. The van der Waals surface area contributed by atoms with Crippen molar-refractivity contribution >= 4 is 0 Å². The molecule has 1 unspecified atom stereocenters. The molecule has 2 aromatic carbocycles. The number of hydrogen-bond acceptors (Lipinski definition) is 1. The zero-order valence-electron chi connectivity index (χ0n) is 10.7. The van der Waals surface area contributed by atoms with Crippen LogP contribution in [-0.2, 0) is 12.8 Å². The van der Waals surface area contributed by atoms with Gasteiger partial charge in [0.05, 0.1) is 6.10 Å². The molecule has 0 saturated heterocycles. The minimum atomic E-state index is -0.883. The lowest BCUT2D eigenvalue weighted by Gasteiger charge is -2.12. The van der Waals surface area contributed by atoms with E-state index in [2.05, 4.69) is 6.92 Å². The molecule has 0 saturated carbocycles. The van der Waals surface area contributed by atoms with Crippen LogP contribution in [0, 0.1) is 11.6 Å². The summed E-state index contributed by atoms with van der Waals surface area (Å²) in [4.78, 5) is 0. The third kappa shape index (κ3) is 3.38. The largest absolute Gasteiger partial charge is 0.388 e. The first kappa shape index (κ1) is 13.7. The fourth-order valence-corrected chi connectivity index (χ4v) is 1.98. The molecule has 0 aliphatic rings. The smallest absolute Gasteiger partial charge is 0.159 e. The van der Waals surface area contributed by atoms with Gasteiger partial charge in [-0.15, -0.1) is 0 Å². The van der Waals surface area contributed by atoms with E-state index in [1.165, 1.54) is 11.6 Å². The molecule has 19 heavy (non-hydrogen) atoms. The van der Waals surface area contributed by atoms with Gasteiger partial charge in [0.2, 0.25) is 0 Å². The van der Waals surface area contributed by atoms with E-state index >= 15 is 0 Å². The maximum Gasteiger partial charge on any atom is 0.159 e. The van der Waals surface area contributed by atoms with E-state index in [1.54, 1.807) is 0 Å². The number of hydrogen-bond donors (Lipinski definition) is 1. The Kier molecular flexibility index (Phi) is 4.27. The molecule has 0 aromatic heterocycles. The van der Waals surface area contributed by atoms with Crippen LogP contribution in [0.2, 0.25) is 0 Å². The summed E-state index contributed by atoms with van der Waals surface area (Å²) in [5.41, 5.74) is 2.55. The first-order valence-electron chi connectivity index (χ1n) is 6.31. The van der Waals surface area contributed by atoms with Gasteiger partial charge in [-0.2, -0.15) is 0 Å². The lowest BCUT2D eigenvalue weighted by atomic mass is 10.00. The van der Waals surface area contributed by atoms with Crippen LogP contribution < -0.4 is 0 Å². The minimum absolute atomic E-state index is 0.267. The predicted octanol–water partition coefficient (Wildman–Crippen LogP) is 3.80. The average Bonchev–Trinajstić information content (AvgIpc) is 2.43. The van der Waals surface area contributed by atoms with E-state index in [0.717, 1.165) is 24.1 Å². The number of benzene rings is 2. The number of aryl methyl sites for hydroxylation is 1. The molecule has 0 bridgehead atoms. The molecule has 2 aromatic rings. The highest BCUT2D eigenvalue weighted by molar-refractivity contribution is 5.26. The van der Waals surface area contributed by atoms with E-state index in [9.17, 15) is 13.9 Å². The maximum atomic E-state index is 13.1. The second-order valence-electron chi connectivity index (χ2n) is 4.56. The molecular weight excluding hydrogens is 246 g/mol. The van der Waals surface area contributed by atoms with Crippen LogP contribution in [0.4, 0.5) is 8.78 Å². The number of rotatable bonds is 4. The van der Waals surface area contributed by atoms with Gasteiger partial charge in [0.1, 0.15) is 0 Å². The van der Waals surface area contributed by atoms with Crippen molar-refractivity contribution in [2.24, 2.45) is 0 Å². The van der Waals surface area contributed by atoms with Crippen LogP contribution in [0.15, 0.2) is 42.5 Å². The molecule has 100 valence electrons. The Morgan fingerprint density at radius 2 is 1.58 bits per heavy atom. The van der Waals surface area contributed by atoms with Crippen LogP contribution in [0.5, 0.6) is 0 Å². The zero-order valence-corrected chi connectivity index (χ0v) is 10.7. The van der Waals surface area contributed by atoms with Crippen LogP contribution in [0.3, 0.4) is 0 Å². The summed E-state index contributed by atoms with van der Waals surface area (Å²) >= 11 is 0. The van der Waals surface area contributed by atoms with Gasteiger partial charge in [0.25, 0.3) is 0 Å². The maximum absolute atomic E-state index is 13.1. The summed E-state index contributed by atoms with van der Waals surface area (Å²) in [7, 11) is 0. The van der Waals surface area contributed by atoms with Crippen LogP contribution in [-0.4, -0.2) is 5.11 Å². The van der Waals surface area contributed by atoms with Gasteiger partial charge in [-0.1, -0.05) is 37.3 Å². The summed E-state index contributed by atoms with van der Waals surface area (Å²) in [6.45, 7) is 2.06. The van der Waals surface area contributed by atoms with Crippen LogP contribution >= 0.6 is 0 Å². The van der Waals surface area contributed by atoms with Gasteiger partial charge in [-0.25, -0.2) is 8.78 Å². The first-order valence-corrected chi connectivity index (χ1v) is 6.31. The van der Waals surface area contributed by atoms with Crippen molar-refractivity contribution in [2.75, 3.05) is 0 Å². The SMILES string of the molecule is CCc1ccc(C(O)Cc2ccc(F)c(F)c2)cc1. The molecule has 2 rings (SSSR count). The van der Waals surface area contributed by atoms with Gasteiger partial charge in [-0.05, 0) is 35.2 Å². The van der Waals surface area contributed by atoms with Gasteiger partial charge < -0.3 is 5.11 Å². The molecule has 0 radical (unpaired) electrons. The summed E-state index contributed by atoms with van der Waals surface area (Å²) < 4.78 is 25.9. The normalized spacial score (nSPS) is 12.4. The highest BCUT2D eigenvalue weighted by atomic mass is 19.2. The number of aliphatic hydroxyl groups is 1. The Morgan fingerprint density at radius 1 is 0.947 bits per heavy atom. The van der Waals surface area contributed by atoms with Crippen LogP contribution in [0.25, 0.3) is 0 Å². The zero-order chi connectivity index (χ0) is 13.8. The predicted molar refractivity (Wildman–Crippen MR) is 70.8 cm³/mol. The highest BCUT2D eigenvalue weighted by Crippen LogP contribution is 2.20. The van der Waals surface area contributed by atoms with Crippen molar-refractivity contribution in [3.05, 3.63) is 70.8 Å². The molecule has 1 nitrogen and oxygen atoms in total. The van der Waals surface area contributed by atoms with Gasteiger partial charge in [0.15, 0.2) is 11.6 Å². The molecule has 3 heteroatoms. The lowest BCUT2D eigenvalue weighted by molar-refractivity contribution is 0.178. The Morgan fingerprint density at radius 3 is 2.16 bits per heavy atom. The summed E-state index contributed by atoms with van der Waals surface area (Å²) in [5, 5.41) is 10.1. The quantitative estimate of drug-likeness (QED) is 0.888. The minimum Gasteiger partial charge on any atom is -0.388 e. The Labute approximate surface area is 111 Å².